The second kappa shape index (κ2) is 4.23. The lowest BCUT2D eigenvalue weighted by Gasteiger charge is -1.96. The number of thiophene rings is 1. The molecule has 3 nitrogen and oxygen atoms in total. The van der Waals surface area contributed by atoms with Crippen LogP contribution in [0.2, 0.25) is 0 Å². The zero-order chi connectivity index (χ0) is 10.7. The Morgan fingerprint density at radius 1 is 1.27 bits per heavy atom. The number of nitrogens with zero attached hydrogens (tertiary/aromatic N) is 1. The first-order valence-corrected chi connectivity index (χ1v) is 5.28. The number of rotatable bonds is 3. The molecule has 1 N–H and O–H groups in total. The molecule has 0 aliphatic carbocycles. The van der Waals surface area contributed by atoms with Crippen molar-refractivity contribution in [2.75, 3.05) is 0 Å². The second-order valence-electron chi connectivity index (χ2n) is 3.10. The summed E-state index contributed by atoms with van der Waals surface area (Å²) in [5.74, 6) is -0.860. The van der Waals surface area contributed by atoms with Crippen LogP contribution in [0.3, 0.4) is 0 Å². The number of carbonyl (C=O) groups is 1. The van der Waals surface area contributed by atoms with E-state index >= 15 is 0 Å². The zero-order valence-electron chi connectivity index (χ0n) is 7.88. The van der Waals surface area contributed by atoms with Gasteiger partial charge in [-0.15, -0.1) is 11.3 Å². The Kier molecular flexibility index (Phi) is 2.78. The maximum absolute atomic E-state index is 10.7. The molecule has 0 bridgehead atoms. The monoisotopic (exact) mass is 219 g/mol. The van der Waals surface area contributed by atoms with Crippen LogP contribution in [0.25, 0.3) is 0 Å². The van der Waals surface area contributed by atoms with E-state index in [1.165, 1.54) is 11.3 Å². The standard InChI is InChI=1S/C11H9NO2S/c13-11(14)10-2-1-9(15-10)7-8-3-5-12-6-4-8/h1-6H,7H2,(H,13,14). The number of hydrogen-bond donors (Lipinski definition) is 1. The quantitative estimate of drug-likeness (QED) is 0.862. The van der Waals surface area contributed by atoms with Crippen LogP contribution >= 0.6 is 11.3 Å². The lowest BCUT2D eigenvalue weighted by molar-refractivity contribution is 0.0702. The van der Waals surface area contributed by atoms with E-state index in [4.69, 9.17) is 5.11 Å². The largest absolute Gasteiger partial charge is 0.477 e. The minimum atomic E-state index is -0.860. The molecule has 2 heterocycles. The number of hydrogen-bond acceptors (Lipinski definition) is 3. The summed E-state index contributed by atoms with van der Waals surface area (Å²) in [5.41, 5.74) is 1.14. The van der Waals surface area contributed by atoms with Crippen LogP contribution < -0.4 is 0 Å². The molecular formula is C11H9NO2S. The number of aromatic nitrogens is 1. The van der Waals surface area contributed by atoms with E-state index < -0.39 is 5.97 Å². The third-order valence-corrected chi connectivity index (χ3v) is 3.07. The predicted molar refractivity (Wildman–Crippen MR) is 58.3 cm³/mol. The summed E-state index contributed by atoms with van der Waals surface area (Å²) in [7, 11) is 0. The molecule has 76 valence electrons. The molecule has 0 fully saturated rings. The molecule has 0 spiro atoms. The highest BCUT2D eigenvalue weighted by molar-refractivity contribution is 7.13. The van der Waals surface area contributed by atoms with E-state index in [0.29, 0.717) is 4.88 Å². The molecule has 0 aromatic carbocycles. The van der Waals surface area contributed by atoms with Gasteiger partial charge in [0.15, 0.2) is 0 Å². The Morgan fingerprint density at radius 3 is 2.60 bits per heavy atom. The molecule has 0 aliphatic rings. The second-order valence-corrected chi connectivity index (χ2v) is 4.27. The van der Waals surface area contributed by atoms with Gasteiger partial charge in [0.2, 0.25) is 0 Å². The third-order valence-electron chi connectivity index (χ3n) is 2.00. The molecule has 4 heteroatoms. The fourth-order valence-electron chi connectivity index (χ4n) is 1.29. The molecule has 15 heavy (non-hydrogen) atoms. The van der Waals surface area contributed by atoms with Crippen molar-refractivity contribution in [2.24, 2.45) is 0 Å². The van der Waals surface area contributed by atoms with Gasteiger partial charge in [0.25, 0.3) is 0 Å². The van der Waals surface area contributed by atoms with Gasteiger partial charge in [-0.2, -0.15) is 0 Å². The van der Waals surface area contributed by atoms with Crippen LogP contribution in [0.4, 0.5) is 0 Å². The van der Waals surface area contributed by atoms with Gasteiger partial charge >= 0.3 is 5.97 Å². The van der Waals surface area contributed by atoms with Crippen LogP contribution in [-0.4, -0.2) is 16.1 Å². The zero-order valence-corrected chi connectivity index (χ0v) is 8.70. The highest BCUT2D eigenvalue weighted by atomic mass is 32.1. The minimum absolute atomic E-state index is 0.388. The fourth-order valence-corrected chi connectivity index (χ4v) is 2.17. The predicted octanol–water partition coefficient (Wildman–Crippen LogP) is 2.43. The molecule has 0 atom stereocenters. The average Bonchev–Trinajstić information content (AvgIpc) is 2.68. The van der Waals surface area contributed by atoms with Crippen LogP contribution in [0.1, 0.15) is 20.1 Å². The van der Waals surface area contributed by atoms with Gasteiger partial charge in [-0.05, 0) is 29.8 Å². The van der Waals surface area contributed by atoms with Gasteiger partial charge in [-0.25, -0.2) is 4.79 Å². The maximum atomic E-state index is 10.7. The fraction of sp³-hybridized carbons (Fsp3) is 0.0909. The topological polar surface area (TPSA) is 50.2 Å². The summed E-state index contributed by atoms with van der Waals surface area (Å²) in [5, 5.41) is 8.76. The van der Waals surface area contributed by atoms with Crippen molar-refractivity contribution in [3.8, 4) is 0 Å². The van der Waals surface area contributed by atoms with Crippen molar-refractivity contribution in [1.82, 2.24) is 4.98 Å². The first-order valence-electron chi connectivity index (χ1n) is 4.46. The first kappa shape index (κ1) is 9.86. The smallest absolute Gasteiger partial charge is 0.345 e. The van der Waals surface area contributed by atoms with Gasteiger partial charge < -0.3 is 5.11 Å². The van der Waals surface area contributed by atoms with Crippen LogP contribution in [0.15, 0.2) is 36.7 Å². The minimum Gasteiger partial charge on any atom is -0.477 e. The molecule has 0 unspecified atom stereocenters. The van der Waals surface area contributed by atoms with E-state index in [1.54, 1.807) is 18.5 Å². The van der Waals surface area contributed by atoms with E-state index in [9.17, 15) is 4.79 Å². The Hall–Kier alpha value is -1.68. The van der Waals surface area contributed by atoms with Crippen molar-refractivity contribution < 1.29 is 9.90 Å². The van der Waals surface area contributed by atoms with Crippen molar-refractivity contribution in [3.63, 3.8) is 0 Å². The lowest BCUT2D eigenvalue weighted by atomic mass is 10.2. The van der Waals surface area contributed by atoms with E-state index in [1.807, 2.05) is 18.2 Å². The molecule has 2 aromatic rings. The Balaban J connectivity index is 2.15. The summed E-state index contributed by atoms with van der Waals surface area (Å²) < 4.78 is 0. The first-order chi connectivity index (χ1) is 7.25. The molecule has 2 rings (SSSR count). The van der Waals surface area contributed by atoms with Crippen molar-refractivity contribution >= 4 is 17.3 Å². The molecule has 0 radical (unpaired) electrons. The van der Waals surface area contributed by atoms with E-state index in [2.05, 4.69) is 4.98 Å². The normalized spacial score (nSPS) is 10.1. The summed E-state index contributed by atoms with van der Waals surface area (Å²) in [4.78, 5) is 16.0. The van der Waals surface area contributed by atoms with Crippen LogP contribution in [-0.2, 0) is 6.42 Å². The number of pyridine rings is 1. The van der Waals surface area contributed by atoms with E-state index in [0.717, 1.165) is 16.9 Å². The Bertz CT molecular complexity index is 464. The number of carboxylic acid groups (broad SMARTS) is 1. The van der Waals surface area contributed by atoms with Crippen LogP contribution in [0.5, 0.6) is 0 Å². The SMILES string of the molecule is O=C(O)c1ccc(Cc2ccncc2)s1. The summed E-state index contributed by atoms with van der Waals surface area (Å²) in [6.45, 7) is 0. The summed E-state index contributed by atoms with van der Waals surface area (Å²) in [6, 6.07) is 7.36. The Labute approximate surface area is 91.0 Å². The number of aromatic carboxylic acids is 1. The molecule has 0 aliphatic heterocycles. The Morgan fingerprint density at radius 2 is 2.00 bits per heavy atom. The average molecular weight is 219 g/mol. The molecule has 0 saturated heterocycles. The van der Waals surface area contributed by atoms with Crippen molar-refractivity contribution in [1.29, 1.82) is 0 Å². The van der Waals surface area contributed by atoms with Gasteiger partial charge in [0.1, 0.15) is 4.88 Å². The molecule has 0 amide bonds. The number of carboxylic acids is 1. The van der Waals surface area contributed by atoms with Gasteiger partial charge in [0.05, 0.1) is 0 Å². The van der Waals surface area contributed by atoms with E-state index in [-0.39, 0.29) is 0 Å². The van der Waals surface area contributed by atoms with Crippen LogP contribution in [0, 0.1) is 0 Å². The lowest BCUT2D eigenvalue weighted by Crippen LogP contribution is -1.89. The summed E-state index contributed by atoms with van der Waals surface area (Å²) in [6.07, 6.45) is 4.24. The summed E-state index contributed by atoms with van der Waals surface area (Å²) >= 11 is 1.32. The third kappa shape index (κ3) is 2.41. The maximum Gasteiger partial charge on any atom is 0.345 e. The van der Waals surface area contributed by atoms with Crippen molar-refractivity contribution in [3.05, 3.63) is 52.0 Å². The van der Waals surface area contributed by atoms with Crippen molar-refractivity contribution in [2.45, 2.75) is 6.42 Å². The highest BCUT2D eigenvalue weighted by Gasteiger charge is 2.06. The van der Waals surface area contributed by atoms with Gasteiger partial charge in [-0.1, -0.05) is 0 Å². The van der Waals surface area contributed by atoms with Gasteiger partial charge in [0, 0.05) is 23.7 Å². The molecule has 2 aromatic heterocycles. The molecule has 0 saturated carbocycles. The molecular weight excluding hydrogens is 210 g/mol. The highest BCUT2D eigenvalue weighted by Crippen LogP contribution is 2.19. The van der Waals surface area contributed by atoms with Gasteiger partial charge in [-0.3, -0.25) is 4.98 Å².